The molecule has 2 aromatic heterocycles. The largest absolute Gasteiger partial charge is 0.457 e. The van der Waals surface area contributed by atoms with Gasteiger partial charge in [-0.15, -0.1) is 0 Å². The zero-order valence-electron chi connectivity index (χ0n) is 18.4. The van der Waals surface area contributed by atoms with Gasteiger partial charge in [0.2, 0.25) is 0 Å². The van der Waals surface area contributed by atoms with Gasteiger partial charge in [-0.1, -0.05) is 48.5 Å². The van der Waals surface area contributed by atoms with Crippen molar-refractivity contribution < 1.29 is 4.74 Å². The van der Waals surface area contributed by atoms with E-state index in [-0.39, 0.29) is 0 Å². The monoisotopic (exact) mass is 430 g/mol. The minimum atomic E-state index is 0.753. The first kappa shape index (κ1) is 19.3. The highest BCUT2D eigenvalue weighted by Crippen LogP contribution is 2.29. The van der Waals surface area contributed by atoms with Crippen molar-refractivity contribution in [2.24, 2.45) is 0 Å². The number of aromatic nitrogens is 4. The molecule has 2 heterocycles. The molecule has 0 fully saturated rings. The Labute approximate surface area is 191 Å². The first-order valence-corrected chi connectivity index (χ1v) is 10.9. The summed E-state index contributed by atoms with van der Waals surface area (Å²) in [7, 11) is 0. The Balaban J connectivity index is 1.35. The number of benzene rings is 4. The van der Waals surface area contributed by atoms with Gasteiger partial charge in [0, 0.05) is 22.9 Å². The summed E-state index contributed by atoms with van der Waals surface area (Å²) < 4.78 is 10.2. The highest BCUT2D eigenvalue weighted by Gasteiger charge is 2.11. The average Bonchev–Trinajstić information content (AvgIpc) is 3.37. The molecule has 0 aliphatic carbocycles. The maximum absolute atomic E-state index is 6.26. The second-order valence-corrected chi connectivity index (χ2v) is 8.13. The molecule has 160 valence electrons. The summed E-state index contributed by atoms with van der Waals surface area (Å²) in [5, 5.41) is 11.8. The van der Waals surface area contributed by atoms with Gasteiger partial charge in [0.15, 0.2) is 0 Å². The van der Waals surface area contributed by atoms with E-state index in [4.69, 9.17) is 14.9 Å². The molecule has 0 aliphatic rings. The summed E-state index contributed by atoms with van der Waals surface area (Å²) >= 11 is 0. The van der Waals surface area contributed by atoms with E-state index in [0.717, 1.165) is 56.1 Å². The van der Waals surface area contributed by atoms with Crippen LogP contribution in [0.3, 0.4) is 0 Å². The van der Waals surface area contributed by atoms with Crippen molar-refractivity contribution in [3.05, 3.63) is 108 Å². The third kappa shape index (κ3) is 3.34. The van der Waals surface area contributed by atoms with Gasteiger partial charge in [-0.2, -0.15) is 10.2 Å². The van der Waals surface area contributed by atoms with Gasteiger partial charge in [-0.05, 0) is 50.2 Å². The lowest BCUT2D eigenvalue weighted by Crippen LogP contribution is -1.98. The predicted molar refractivity (Wildman–Crippen MR) is 132 cm³/mol. The van der Waals surface area contributed by atoms with E-state index in [0.29, 0.717) is 0 Å². The minimum Gasteiger partial charge on any atom is -0.457 e. The number of hydrogen-bond donors (Lipinski definition) is 0. The van der Waals surface area contributed by atoms with Crippen LogP contribution >= 0.6 is 0 Å². The zero-order valence-corrected chi connectivity index (χ0v) is 18.4. The molecule has 6 rings (SSSR count). The Morgan fingerprint density at radius 3 is 1.48 bits per heavy atom. The molecule has 0 bridgehead atoms. The Bertz CT molecular complexity index is 1500. The number of hydrogen-bond acceptors (Lipinski definition) is 3. The summed E-state index contributed by atoms with van der Waals surface area (Å²) in [5.74, 6) is 1.51. The molecule has 5 heteroatoms. The number of rotatable bonds is 4. The lowest BCUT2D eigenvalue weighted by Gasteiger charge is -2.10. The molecule has 0 unspecified atom stereocenters. The van der Waals surface area contributed by atoms with Crippen LogP contribution in [0.5, 0.6) is 11.5 Å². The van der Waals surface area contributed by atoms with Crippen molar-refractivity contribution in [2.75, 3.05) is 0 Å². The molecule has 33 heavy (non-hydrogen) atoms. The fourth-order valence-electron chi connectivity index (χ4n) is 4.33. The lowest BCUT2D eigenvalue weighted by molar-refractivity contribution is 0.482. The molecule has 0 saturated heterocycles. The second kappa shape index (κ2) is 7.64. The molecular formula is C28H22N4O. The van der Waals surface area contributed by atoms with Crippen molar-refractivity contribution in [1.29, 1.82) is 0 Å². The molecule has 4 aromatic carbocycles. The van der Waals surface area contributed by atoms with Crippen LogP contribution in [0.1, 0.15) is 11.4 Å². The van der Waals surface area contributed by atoms with Gasteiger partial charge >= 0.3 is 0 Å². The summed E-state index contributed by atoms with van der Waals surface area (Å²) in [4.78, 5) is 0. The topological polar surface area (TPSA) is 44.9 Å². The molecule has 0 radical (unpaired) electrons. The fourth-order valence-corrected chi connectivity index (χ4v) is 4.33. The van der Waals surface area contributed by atoms with Crippen molar-refractivity contribution in [1.82, 2.24) is 19.6 Å². The first-order chi connectivity index (χ1) is 16.2. The van der Waals surface area contributed by atoms with Gasteiger partial charge in [0.25, 0.3) is 0 Å². The van der Waals surface area contributed by atoms with Gasteiger partial charge in [-0.3, -0.25) is 0 Å². The summed E-state index contributed by atoms with van der Waals surface area (Å²) in [5.41, 5.74) is 6.09. The summed E-state index contributed by atoms with van der Waals surface area (Å²) in [6.45, 7) is 4.07. The average molecular weight is 431 g/mol. The highest BCUT2D eigenvalue weighted by atomic mass is 16.5. The Morgan fingerprint density at radius 2 is 1.00 bits per heavy atom. The third-order valence-electron chi connectivity index (χ3n) is 5.90. The molecule has 0 spiro atoms. The van der Waals surface area contributed by atoms with Crippen LogP contribution in [-0.2, 0) is 0 Å². The Morgan fingerprint density at radius 1 is 0.545 bits per heavy atom. The standard InChI is InChI=1S/C28H22N4O/c1-19-25-13-3-5-15-27(25)31(29-19)21-9-7-11-23(17-21)33-24-12-8-10-22(18-24)32-28-16-6-4-14-26(28)20(2)30-32/h3-18H,1-2H3. The van der Waals surface area contributed by atoms with Crippen molar-refractivity contribution in [2.45, 2.75) is 13.8 Å². The van der Waals surface area contributed by atoms with Gasteiger partial charge in [-0.25, -0.2) is 9.36 Å². The van der Waals surface area contributed by atoms with Crippen LogP contribution in [0.2, 0.25) is 0 Å². The zero-order chi connectivity index (χ0) is 22.4. The molecule has 6 aromatic rings. The molecule has 0 amide bonds. The van der Waals surface area contributed by atoms with Crippen molar-refractivity contribution in [3.8, 4) is 22.9 Å². The maximum Gasteiger partial charge on any atom is 0.129 e. The first-order valence-electron chi connectivity index (χ1n) is 10.9. The van der Waals surface area contributed by atoms with E-state index in [1.807, 2.05) is 96.0 Å². The number of para-hydroxylation sites is 2. The number of nitrogens with zero attached hydrogens (tertiary/aromatic N) is 4. The van der Waals surface area contributed by atoms with E-state index in [1.165, 1.54) is 0 Å². The van der Waals surface area contributed by atoms with Crippen molar-refractivity contribution in [3.63, 3.8) is 0 Å². The summed E-state index contributed by atoms with van der Waals surface area (Å²) in [6, 6.07) is 32.5. The van der Waals surface area contributed by atoms with Crippen LogP contribution in [0.25, 0.3) is 33.2 Å². The van der Waals surface area contributed by atoms with Crippen LogP contribution in [0.15, 0.2) is 97.1 Å². The minimum absolute atomic E-state index is 0.753. The molecule has 0 N–H and O–H groups in total. The highest BCUT2D eigenvalue weighted by molar-refractivity contribution is 5.84. The maximum atomic E-state index is 6.26. The Kier molecular flexibility index (Phi) is 4.47. The second-order valence-electron chi connectivity index (χ2n) is 8.13. The third-order valence-corrected chi connectivity index (χ3v) is 5.90. The number of aryl methyl sites for hydroxylation is 2. The number of ether oxygens (including phenoxy) is 1. The van der Waals surface area contributed by atoms with Crippen LogP contribution in [-0.4, -0.2) is 19.6 Å². The van der Waals surface area contributed by atoms with Gasteiger partial charge in [0.05, 0.1) is 33.8 Å². The molecular weight excluding hydrogens is 408 g/mol. The lowest BCUT2D eigenvalue weighted by atomic mass is 10.2. The SMILES string of the molecule is Cc1nn(-c2cccc(Oc3cccc(-n4nc(C)c5ccccc54)c3)c2)c2ccccc12. The quantitative estimate of drug-likeness (QED) is 0.310. The van der Waals surface area contributed by atoms with Gasteiger partial charge in [0.1, 0.15) is 11.5 Å². The smallest absolute Gasteiger partial charge is 0.129 e. The summed E-state index contributed by atoms with van der Waals surface area (Å²) in [6.07, 6.45) is 0. The molecule has 0 aliphatic heterocycles. The van der Waals surface area contributed by atoms with E-state index in [1.54, 1.807) is 0 Å². The fraction of sp³-hybridized carbons (Fsp3) is 0.0714. The van der Waals surface area contributed by atoms with Crippen molar-refractivity contribution >= 4 is 21.8 Å². The molecule has 0 saturated carbocycles. The van der Waals surface area contributed by atoms with E-state index in [9.17, 15) is 0 Å². The number of fused-ring (bicyclic) bond motifs is 2. The Hall–Kier alpha value is -4.38. The van der Waals surface area contributed by atoms with Crippen LogP contribution in [0.4, 0.5) is 0 Å². The molecule has 0 atom stereocenters. The normalized spacial score (nSPS) is 11.3. The predicted octanol–water partition coefficient (Wildman–Crippen LogP) is 6.77. The van der Waals surface area contributed by atoms with Gasteiger partial charge < -0.3 is 4.74 Å². The van der Waals surface area contributed by atoms with E-state index in [2.05, 4.69) is 24.3 Å². The molecule has 5 nitrogen and oxygen atoms in total. The van der Waals surface area contributed by atoms with E-state index >= 15 is 0 Å². The van der Waals surface area contributed by atoms with Crippen LogP contribution < -0.4 is 4.74 Å². The van der Waals surface area contributed by atoms with Crippen LogP contribution in [0, 0.1) is 13.8 Å². The van der Waals surface area contributed by atoms with E-state index < -0.39 is 0 Å².